The minimum Gasteiger partial charge on any atom is -0.480 e. The van der Waals surface area contributed by atoms with Crippen molar-refractivity contribution in [3.63, 3.8) is 0 Å². The van der Waals surface area contributed by atoms with Crippen molar-refractivity contribution in [3.8, 4) is 0 Å². The Labute approximate surface area is 110 Å². The molecular formula is C13H25NO3Si. The summed E-state index contributed by atoms with van der Waals surface area (Å²) in [5, 5.41) is 9.41. The van der Waals surface area contributed by atoms with Gasteiger partial charge in [-0.15, -0.1) is 0 Å². The first-order valence-corrected chi connectivity index (χ1v) is 9.42. The summed E-state index contributed by atoms with van der Waals surface area (Å²) >= 11 is 0. The third-order valence-electron chi connectivity index (χ3n) is 4.98. The largest absolute Gasteiger partial charge is 0.480 e. The molecule has 0 spiro atoms. The maximum atomic E-state index is 12.4. The summed E-state index contributed by atoms with van der Waals surface area (Å²) < 4.78 is 1.69. The zero-order valence-electron chi connectivity index (χ0n) is 12.5. The first kappa shape index (κ1) is 15.2. The second-order valence-corrected chi connectivity index (χ2v) is 12.1. The molecule has 4 nitrogen and oxygen atoms in total. The SMILES string of the molecule is CC[C@@]1(C)C(=O)N([Si](C)(C)C(C)(C)C)[C@@H]1C(=O)O. The van der Waals surface area contributed by atoms with E-state index in [4.69, 9.17) is 0 Å². The monoisotopic (exact) mass is 271 g/mol. The van der Waals surface area contributed by atoms with Gasteiger partial charge in [0.25, 0.3) is 0 Å². The highest BCUT2D eigenvalue weighted by Gasteiger charge is 2.65. The van der Waals surface area contributed by atoms with E-state index in [1.54, 1.807) is 11.5 Å². The molecule has 2 atom stereocenters. The Morgan fingerprint density at radius 3 is 2.17 bits per heavy atom. The van der Waals surface area contributed by atoms with Gasteiger partial charge in [-0.1, -0.05) is 40.8 Å². The van der Waals surface area contributed by atoms with Crippen molar-refractivity contribution < 1.29 is 14.7 Å². The quantitative estimate of drug-likeness (QED) is 0.634. The number of nitrogens with zero attached hydrogens (tertiary/aromatic N) is 1. The molecule has 1 rings (SSSR count). The molecule has 1 aliphatic heterocycles. The normalized spacial score (nSPS) is 29.2. The van der Waals surface area contributed by atoms with Crippen LogP contribution in [0.5, 0.6) is 0 Å². The minimum absolute atomic E-state index is 0.0176. The highest BCUT2D eigenvalue weighted by molar-refractivity contribution is 6.80. The molecule has 0 unspecified atom stereocenters. The molecule has 0 aromatic rings. The number of carbonyl (C=O) groups is 2. The van der Waals surface area contributed by atoms with Crippen LogP contribution in [0.4, 0.5) is 0 Å². The summed E-state index contributed by atoms with van der Waals surface area (Å²) in [5.41, 5.74) is -0.721. The smallest absolute Gasteiger partial charge is 0.326 e. The van der Waals surface area contributed by atoms with Gasteiger partial charge in [0.15, 0.2) is 8.24 Å². The summed E-state index contributed by atoms with van der Waals surface area (Å²) in [7, 11) is -2.11. The van der Waals surface area contributed by atoms with E-state index in [1.165, 1.54) is 0 Å². The Bertz CT molecular complexity index is 386. The lowest BCUT2D eigenvalue weighted by molar-refractivity contribution is -0.174. The first-order chi connectivity index (χ1) is 7.91. The van der Waals surface area contributed by atoms with Crippen LogP contribution in [-0.4, -0.2) is 35.8 Å². The van der Waals surface area contributed by atoms with Crippen LogP contribution in [0.15, 0.2) is 0 Å². The Kier molecular flexibility index (Phi) is 3.45. The molecule has 0 radical (unpaired) electrons. The third-order valence-corrected chi connectivity index (χ3v) is 10.3. The van der Waals surface area contributed by atoms with E-state index in [1.807, 2.05) is 6.92 Å². The van der Waals surface area contributed by atoms with Crippen LogP contribution in [0.3, 0.4) is 0 Å². The zero-order chi connectivity index (χ0) is 14.5. The fourth-order valence-electron chi connectivity index (χ4n) is 2.39. The molecule has 1 aliphatic rings. The topological polar surface area (TPSA) is 57.6 Å². The van der Waals surface area contributed by atoms with Gasteiger partial charge in [0.05, 0.1) is 5.41 Å². The van der Waals surface area contributed by atoms with E-state index in [2.05, 4.69) is 33.9 Å². The molecule has 1 N–H and O–H groups in total. The minimum atomic E-state index is -2.11. The predicted octanol–water partition coefficient (Wildman–Crippen LogP) is 2.70. The Morgan fingerprint density at radius 2 is 1.89 bits per heavy atom. The zero-order valence-corrected chi connectivity index (χ0v) is 13.5. The molecule has 1 fully saturated rings. The first-order valence-electron chi connectivity index (χ1n) is 6.48. The number of carbonyl (C=O) groups excluding carboxylic acids is 1. The van der Waals surface area contributed by atoms with Crippen molar-refractivity contribution in [2.24, 2.45) is 5.41 Å². The number of aliphatic carboxylic acids is 1. The van der Waals surface area contributed by atoms with Crippen molar-refractivity contribution in [3.05, 3.63) is 0 Å². The van der Waals surface area contributed by atoms with Gasteiger partial charge in [0, 0.05) is 0 Å². The van der Waals surface area contributed by atoms with Crippen molar-refractivity contribution in [1.29, 1.82) is 0 Å². The standard InChI is InChI=1S/C13H25NO3Si/c1-8-13(5)9(10(15)16)14(11(13)17)18(6,7)12(2,3)4/h9H,8H2,1-7H3,(H,15,16)/t9-,13-/m1/s1. The summed E-state index contributed by atoms with van der Waals surface area (Å²) in [6.45, 7) is 14.1. The van der Waals surface area contributed by atoms with Crippen molar-refractivity contribution in [1.82, 2.24) is 4.57 Å². The highest BCUT2D eigenvalue weighted by atomic mass is 28.3. The van der Waals surface area contributed by atoms with Crippen LogP contribution in [-0.2, 0) is 9.59 Å². The number of rotatable bonds is 3. The molecule has 5 heteroatoms. The lowest BCUT2D eigenvalue weighted by atomic mass is 9.72. The summed E-state index contributed by atoms with van der Waals surface area (Å²) in [4.78, 5) is 23.9. The van der Waals surface area contributed by atoms with Crippen LogP contribution in [0.25, 0.3) is 0 Å². The number of hydrogen-bond donors (Lipinski definition) is 1. The van der Waals surface area contributed by atoms with Gasteiger partial charge < -0.3 is 9.67 Å². The molecule has 0 aliphatic carbocycles. The van der Waals surface area contributed by atoms with E-state index in [0.717, 1.165) is 0 Å². The van der Waals surface area contributed by atoms with E-state index in [-0.39, 0.29) is 10.9 Å². The number of hydrogen-bond acceptors (Lipinski definition) is 2. The van der Waals surface area contributed by atoms with Crippen LogP contribution in [0, 0.1) is 5.41 Å². The molecule has 1 heterocycles. The van der Waals surface area contributed by atoms with Gasteiger partial charge in [-0.25, -0.2) is 4.79 Å². The number of carboxylic acids is 1. The van der Waals surface area contributed by atoms with Gasteiger partial charge in [-0.3, -0.25) is 4.79 Å². The van der Waals surface area contributed by atoms with E-state index >= 15 is 0 Å². The van der Waals surface area contributed by atoms with Gasteiger partial charge in [0.2, 0.25) is 5.91 Å². The van der Waals surface area contributed by atoms with Gasteiger partial charge in [-0.05, 0) is 18.4 Å². The predicted molar refractivity (Wildman–Crippen MR) is 73.9 cm³/mol. The fourth-order valence-corrected chi connectivity index (χ4v) is 4.92. The lowest BCUT2D eigenvalue weighted by Crippen LogP contribution is -2.78. The van der Waals surface area contributed by atoms with Crippen LogP contribution in [0.1, 0.15) is 41.0 Å². The maximum Gasteiger partial charge on any atom is 0.326 e. The molecule has 1 saturated heterocycles. The van der Waals surface area contributed by atoms with Gasteiger partial charge in [0.1, 0.15) is 6.04 Å². The lowest BCUT2D eigenvalue weighted by Gasteiger charge is -2.61. The summed E-state index contributed by atoms with van der Waals surface area (Å²) in [5.74, 6) is -0.854. The van der Waals surface area contributed by atoms with E-state index in [9.17, 15) is 14.7 Å². The maximum absolute atomic E-state index is 12.4. The van der Waals surface area contributed by atoms with Gasteiger partial charge in [-0.2, -0.15) is 0 Å². The van der Waals surface area contributed by atoms with Crippen LogP contribution in [0.2, 0.25) is 18.1 Å². The van der Waals surface area contributed by atoms with Crippen molar-refractivity contribution in [2.75, 3.05) is 0 Å². The fraction of sp³-hybridized carbons (Fsp3) is 0.846. The molecule has 0 aromatic carbocycles. The van der Waals surface area contributed by atoms with Gasteiger partial charge >= 0.3 is 5.97 Å². The molecule has 0 bridgehead atoms. The average Bonchev–Trinajstić information content (AvgIpc) is 2.20. The average molecular weight is 271 g/mol. The molecule has 104 valence electrons. The molecule has 1 amide bonds. The van der Waals surface area contributed by atoms with E-state index < -0.39 is 25.7 Å². The van der Waals surface area contributed by atoms with Crippen LogP contribution >= 0.6 is 0 Å². The third kappa shape index (κ3) is 1.79. The van der Waals surface area contributed by atoms with Crippen LogP contribution < -0.4 is 0 Å². The van der Waals surface area contributed by atoms with Crippen molar-refractivity contribution in [2.45, 2.75) is 65.2 Å². The Morgan fingerprint density at radius 1 is 1.44 bits per heavy atom. The number of amides is 1. The highest BCUT2D eigenvalue weighted by Crippen LogP contribution is 2.50. The molecule has 18 heavy (non-hydrogen) atoms. The number of carboxylic acid groups (broad SMARTS) is 1. The molecule has 0 saturated carbocycles. The summed E-state index contributed by atoms with van der Waals surface area (Å²) in [6.07, 6.45) is 0.577. The molecular weight excluding hydrogens is 246 g/mol. The van der Waals surface area contributed by atoms with Crippen molar-refractivity contribution >= 4 is 20.1 Å². The molecule has 0 aromatic heterocycles. The summed E-state index contributed by atoms with van der Waals surface area (Å²) in [6, 6.07) is -0.657. The second-order valence-electron chi connectivity index (χ2n) is 7.00. The second kappa shape index (κ2) is 4.08. The number of β-lactam (4-membered cyclic amide) rings is 1. The van der Waals surface area contributed by atoms with E-state index in [0.29, 0.717) is 6.42 Å². The Hall–Kier alpha value is -0.843. The Balaban J connectivity index is 3.20.